The van der Waals surface area contributed by atoms with Gasteiger partial charge in [-0.3, -0.25) is 4.79 Å². The molecule has 1 aliphatic rings. The number of rotatable bonds is 2. The van der Waals surface area contributed by atoms with E-state index in [0.717, 1.165) is 11.8 Å². The molecule has 0 radical (unpaired) electrons. The highest BCUT2D eigenvalue weighted by atomic mass is 79.9. The Balaban J connectivity index is 2.51. The molecule has 1 saturated carbocycles. The van der Waals surface area contributed by atoms with Crippen LogP contribution in [0.4, 0.5) is 0 Å². The Morgan fingerprint density at radius 2 is 2.23 bits per heavy atom. The predicted octanol–water partition coefficient (Wildman–Crippen LogP) is 1.44. The molecule has 2 atom stereocenters. The van der Waals surface area contributed by atoms with Crippen LogP contribution in [0, 0.1) is 5.92 Å². The highest BCUT2D eigenvalue weighted by Gasteiger charge is 2.58. The second kappa shape index (κ2) is 3.24. The standard InChI is InChI=1S/C9H16BrNO2/c1-8(2,3)13-7(12)9(11)4-6(9)5-10/h6H,4-5,11H2,1-3H3/t6-,9-/m1/s1. The number of hydrogen-bond donors (Lipinski definition) is 1. The molecule has 0 amide bonds. The first kappa shape index (κ1) is 11.0. The van der Waals surface area contributed by atoms with Crippen molar-refractivity contribution < 1.29 is 9.53 Å². The molecule has 76 valence electrons. The van der Waals surface area contributed by atoms with Crippen molar-refractivity contribution in [3.05, 3.63) is 0 Å². The van der Waals surface area contributed by atoms with Gasteiger partial charge in [-0.1, -0.05) is 15.9 Å². The molecule has 4 heteroatoms. The summed E-state index contributed by atoms with van der Waals surface area (Å²) >= 11 is 3.31. The highest BCUT2D eigenvalue weighted by Crippen LogP contribution is 2.43. The fourth-order valence-corrected chi connectivity index (χ4v) is 1.97. The van der Waals surface area contributed by atoms with Crippen molar-refractivity contribution in [3.63, 3.8) is 0 Å². The zero-order chi connectivity index (χ0) is 10.3. The first-order valence-corrected chi connectivity index (χ1v) is 5.50. The number of ether oxygens (including phenoxy) is 1. The van der Waals surface area contributed by atoms with Crippen LogP contribution in [0.2, 0.25) is 0 Å². The summed E-state index contributed by atoms with van der Waals surface area (Å²) in [5, 5.41) is 0.767. The van der Waals surface area contributed by atoms with Gasteiger partial charge in [0.2, 0.25) is 0 Å². The summed E-state index contributed by atoms with van der Waals surface area (Å²) in [6, 6.07) is 0. The fourth-order valence-electron chi connectivity index (χ4n) is 1.16. The SMILES string of the molecule is CC(C)(C)OC(=O)[C@@]1(N)C[C@@H]1CBr. The third kappa shape index (κ3) is 2.44. The van der Waals surface area contributed by atoms with Crippen LogP contribution in [0.1, 0.15) is 27.2 Å². The molecule has 0 aromatic heterocycles. The van der Waals surface area contributed by atoms with Gasteiger partial charge in [-0.05, 0) is 33.1 Å². The van der Waals surface area contributed by atoms with Gasteiger partial charge in [-0.25, -0.2) is 0 Å². The van der Waals surface area contributed by atoms with Crippen LogP contribution >= 0.6 is 15.9 Å². The minimum atomic E-state index is -0.725. The Hall–Kier alpha value is -0.0900. The fraction of sp³-hybridized carbons (Fsp3) is 0.889. The van der Waals surface area contributed by atoms with Crippen LogP contribution in [0.3, 0.4) is 0 Å². The van der Waals surface area contributed by atoms with Gasteiger partial charge in [0.15, 0.2) is 0 Å². The summed E-state index contributed by atoms with van der Waals surface area (Å²) in [5.74, 6) is -0.0354. The van der Waals surface area contributed by atoms with Gasteiger partial charge in [0.1, 0.15) is 11.1 Å². The Kier molecular flexibility index (Phi) is 2.74. The molecule has 13 heavy (non-hydrogen) atoms. The van der Waals surface area contributed by atoms with E-state index < -0.39 is 11.1 Å². The van der Waals surface area contributed by atoms with Gasteiger partial charge in [0.05, 0.1) is 0 Å². The summed E-state index contributed by atoms with van der Waals surface area (Å²) in [6.45, 7) is 5.54. The molecule has 0 aromatic carbocycles. The molecule has 0 spiro atoms. The van der Waals surface area contributed by atoms with E-state index in [1.165, 1.54) is 0 Å². The summed E-state index contributed by atoms with van der Waals surface area (Å²) in [4.78, 5) is 11.5. The number of esters is 1. The van der Waals surface area contributed by atoms with Gasteiger partial charge >= 0.3 is 5.97 Å². The minimum absolute atomic E-state index is 0.238. The van der Waals surface area contributed by atoms with E-state index in [9.17, 15) is 4.79 Å². The average Bonchev–Trinajstić information content (AvgIpc) is 2.60. The predicted molar refractivity (Wildman–Crippen MR) is 54.7 cm³/mol. The minimum Gasteiger partial charge on any atom is -0.459 e. The third-order valence-electron chi connectivity index (χ3n) is 2.12. The van der Waals surface area contributed by atoms with E-state index in [1.54, 1.807) is 0 Å². The quantitative estimate of drug-likeness (QED) is 0.596. The van der Waals surface area contributed by atoms with Crippen LogP contribution in [-0.2, 0) is 9.53 Å². The average molecular weight is 250 g/mol. The zero-order valence-corrected chi connectivity index (χ0v) is 9.85. The molecular formula is C9H16BrNO2. The van der Waals surface area contributed by atoms with Crippen molar-refractivity contribution >= 4 is 21.9 Å². The molecule has 0 aromatic rings. The van der Waals surface area contributed by atoms with Crippen molar-refractivity contribution in [1.29, 1.82) is 0 Å². The Labute approximate surface area is 87.1 Å². The van der Waals surface area contributed by atoms with Gasteiger partial charge < -0.3 is 10.5 Å². The lowest BCUT2D eigenvalue weighted by molar-refractivity contribution is -0.158. The van der Waals surface area contributed by atoms with Crippen molar-refractivity contribution in [1.82, 2.24) is 0 Å². The maximum atomic E-state index is 11.5. The van der Waals surface area contributed by atoms with Crippen LogP contribution in [0.5, 0.6) is 0 Å². The maximum Gasteiger partial charge on any atom is 0.326 e. The molecular weight excluding hydrogens is 234 g/mol. The van der Waals surface area contributed by atoms with Crippen molar-refractivity contribution in [3.8, 4) is 0 Å². The third-order valence-corrected chi connectivity index (χ3v) is 2.90. The van der Waals surface area contributed by atoms with Crippen molar-refractivity contribution in [2.75, 3.05) is 5.33 Å². The molecule has 2 N–H and O–H groups in total. The van der Waals surface area contributed by atoms with Crippen molar-refractivity contribution in [2.24, 2.45) is 11.7 Å². The summed E-state index contributed by atoms with van der Waals surface area (Å²) < 4.78 is 5.21. The van der Waals surface area contributed by atoms with Crippen LogP contribution in [0.15, 0.2) is 0 Å². The van der Waals surface area contributed by atoms with Crippen LogP contribution in [0.25, 0.3) is 0 Å². The second-order valence-electron chi connectivity index (χ2n) is 4.60. The first-order valence-electron chi connectivity index (χ1n) is 4.38. The molecule has 1 rings (SSSR count). The maximum absolute atomic E-state index is 11.5. The number of carbonyl (C=O) groups is 1. The topological polar surface area (TPSA) is 52.3 Å². The van der Waals surface area contributed by atoms with Crippen LogP contribution in [-0.4, -0.2) is 22.4 Å². The lowest BCUT2D eigenvalue weighted by Gasteiger charge is -2.22. The second-order valence-corrected chi connectivity index (χ2v) is 5.25. The molecule has 0 bridgehead atoms. The zero-order valence-electron chi connectivity index (χ0n) is 8.26. The van der Waals surface area contributed by atoms with E-state index in [4.69, 9.17) is 10.5 Å². The number of alkyl halides is 1. The van der Waals surface area contributed by atoms with Gasteiger partial charge in [0, 0.05) is 5.33 Å². The first-order chi connectivity index (χ1) is 5.79. The molecule has 0 saturated heterocycles. The normalized spacial score (nSPS) is 32.8. The van der Waals surface area contributed by atoms with Crippen molar-refractivity contribution in [2.45, 2.75) is 38.3 Å². The monoisotopic (exact) mass is 249 g/mol. The molecule has 0 unspecified atom stereocenters. The molecule has 0 heterocycles. The lowest BCUT2D eigenvalue weighted by Crippen LogP contribution is -2.41. The molecule has 0 aliphatic heterocycles. The lowest BCUT2D eigenvalue weighted by atomic mass is 10.1. The van der Waals surface area contributed by atoms with E-state index in [1.807, 2.05) is 20.8 Å². The summed E-state index contributed by atoms with van der Waals surface area (Å²) in [6.07, 6.45) is 0.729. The van der Waals surface area contributed by atoms with Crippen LogP contribution < -0.4 is 5.73 Å². The largest absolute Gasteiger partial charge is 0.459 e. The number of nitrogens with two attached hydrogens (primary N) is 1. The van der Waals surface area contributed by atoms with E-state index in [2.05, 4.69) is 15.9 Å². The van der Waals surface area contributed by atoms with Gasteiger partial charge in [-0.2, -0.15) is 0 Å². The summed E-state index contributed by atoms with van der Waals surface area (Å²) in [7, 11) is 0. The van der Waals surface area contributed by atoms with E-state index >= 15 is 0 Å². The smallest absolute Gasteiger partial charge is 0.326 e. The van der Waals surface area contributed by atoms with Gasteiger partial charge in [-0.15, -0.1) is 0 Å². The Morgan fingerprint density at radius 1 is 1.69 bits per heavy atom. The molecule has 3 nitrogen and oxygen atoms in total. The van der Waals surface area contributed by atoms with E-state index in [0.29, 0.717) is 0 Å². The number of hydrogen-bond acceptors (Lipinski definition) is 3. The molecule has 1 aliphatic carbocycles. The number of halogens is 1. The Morgan fingerprint density at radius 3 is 2.54 bits per heavy atom. The molecule has 1 fully saturated rings. The Bertz CT molecular complexity index is 224. The highest BCUT2D eigenvalue weighted by molar-refractivity contribution is 9.09. The number of carbonyl (C=O) groups excluding carboxylic acids is 1. The summed E-state index contributed by atoms with van der Waals surface area (Å²) in [5.41, 5.74) is 4.68. The van der Waals surface area contributed by atoms with Gasteiger partial charge in [0.25, 0.3) is 0 Å². The van der Waals surface area contributed by atoms with E-state index in [-0.39, 0.29) is 11.9 Å².